The SMILES string of the molecule is C=Cc1cccc2c1CN(C(=O)O[C@@H]1C[C@@H](C(=O)OC)N(C(=O)[C@@H](NC(=O)OC(C)(C)C)C(C)(C)C)C1)C2. The fourth-order valence-corrected chi connectivity index (χ4v) is 4.71. The highest BCUT2D eigenvalue weighted by Crippen LogP contribution is 2.30. The molecule has 0 spiro atoms. The Morgan fingerprint density at radius 1 is 1.11 bits per heavy atom. The number of nitrogens with one attached hydrogen (secondary N) is 1. The van der Waals surface area contributed by atoms with Crippen molar-refractivity contribution in [1.29, 1.82) is 0 Å². The van der Waals surface area contributed by atoms with Crippen LogP contribution in [-0.2, 0) is 36.9 Å². The molecule has 0 saturated carbocycles. The van der Waals surface area contributed by atoms with Crippen LogP contribution in [0.15, 0.2) is 24.8 Å². The number of methoxy groups -OCH3 is 1. The molecule has 2 aliphatic rings. The molecule has 0 radical (unpaired) electrons. The van der Waals surface area contributed by atoms with Crippen molar-refractivity contribution in [3.63, 3.8) is 0 Å². The number of benzene rings is 1. The van der Waals surface area contributed by atoms with Crippen LogP contribution in [0.25, 0.3) is 6.08 Å². The molecule has 208 valence electrons. The van der Waals surface area contributed by atoms with Crippen LogP contribution in [-0.4, -0.2) is 71.3 Å². The number of hydrogen-bond acceptors (Lipinski definition) is 7. The number of rotatable bonds is 5. The predicted octanol–water partition coefficient (Wildman–Crippen LogP) is 3.86. The van der Waals surface area contributed by atoms with Gasteiger partial charge in [-0.25, -0.2) is 14.4 Å². The van der Waals surface area contributed by atoms with Crippen LogP contribution in [0.3, 0.4) is 0 Å². The van der Waals surface area contributed by atoms with Crippen LogP contribution in [0.5, 0.6) is 0 Å². The normalized spacial score (nSPS) is 19.9. The van der Waals surface area contributed by atoms with E-state index in [1.165, 1.54) is 12.0 Å². The van der Waals surface area contributed by atoms with E-state index in [-0.39, 0.29) is 13.0 Å². The maximum atomic E-state index is 13.7. The van der Waals surface area contributed by atoms with Crippen molar-refractivity contribution in [3.8, 4) is 0 Å². The molecule has 3 amide bonds. The highest BCUT2D eigenvalue weighted by atomic mass is 16.6. The average Bonchev–Trinajstić information content (AvgIpc) is 3.44. The number of nitrogens with zero attached hydrogens (tertiary/aromatic N) is 2. The molecular weight excluding hydrogens is 490 g/mol. The number of hydrogen-bond donors (Lipinski definition) is 1. The maximum Gasteiger partial charge on any atom is 0.410 e. The standard InChI is InChI=1S/C28H39N3O7/c1-9-17-11-10-12-18-14-30(16-20(17)18)26(35)37-19-13-21(24(33)36-8)31(15-19)23(32)22(27(2,3)4)29-25(34)38-28(5,6)7/h9-12,19,21-22H,1,13-16H2,2-8H3,(H,29,34)/t19-,21+,22-/m1/s1. The lowest BCUT2D eigenvalue weighted by molar-refractivity contribution is -0.152. The van der Waals surface area contributed by atoms with E-state index in [1.54, 1.807) is 52.5 Å². The molecule has 1 aromatic rings. The van der Waals surface area contributed by atoms with Gasteiger partial charge in [-0.3, -0.25) is 9.69 Å². The minimum Gasteiger partial charge on any atom is -0.467 e. The minimum absolute atomic E-state index is 0.00832. The van der Waals surface area contributed by atoms with Crippen molar-refractivity contribution >= 4 is 30.1 Å². The fourth-order valence-electron chi connectivity index (χ4n) is 4.71. The van der Waals surface area contributed by atoms with E-state index in [0.29, 0.717) is 13.1 Å². The van der Waals surface area contributed by atoms with E-state index in [9.17, 15) is 19.2 Å². The molecule has 10 nitrogen and oxygen atoms in total. The molecule has 38 heavy (non-hydrogen) atoms. The van der Waals surface area contributed by atoms with Gasteiger partial charge in [0.1, 0.15) is 23.8 Å². The molecule has 2 heterocycles. The topological polar surface area (TPSA) is 114 Å². The van der Waals surface area contributed by atoms with E-state index < -0.39 is 53.3 Å². The molecule has 1 fully saturated rings. The Morgan fingerprint density at radius 3 is 2.37 bits per heavy atom. The van der Waals surface area contributed by atoms with Gasteiger partial charge in [-0.2, -0.15) is 0 Å². The Hall–Kier alpha value is -3.56. The van der Waals surface area contributed by atoms with Gasteiger partial charge in [-0.1, -0.05) is 51.6 Å². The lowest BCUT2D eigenvalue weighted by atomic mass is 9.85. The van der Waals surface area contributed by atoms with E-state index in [1.807, 2.05) is 18.2 Å². The van der Waals surface area contributed by atoms with Gasteiger partial charge in [0.25, 0.3) is 0 Å². The summed E-state index contributed by atoms with van der Waals surface area (Å²) >= 11 is 0. The number of fused-ring (bicyclic) bond motifs is 1. The molecular formula is C28H39N3O7. The van der Waals surface area contributed by atoms with Crippen molar-refractivity contribution in [2.75, 3.05) is 13.7 Å². The van der Waals surface area contributed by atoms with Gasteiger partial charge < -0.3 is 24.4 Å². The van der Waals surface area contributed by atoms with Gasteiger partial charge in [0, 0.05) is 13.0 Å². The number of amides is 3. The third-order valence-corrected chi connectivity index (χ3v) is 6.56. The van der Waals surface area contributed by atoms with Crippen molar-refractivity contribution < 1.29 is 33.4 Å². The predicted molar refractivity (Wildman–Crippen MR) is 141 cm³/mol. The van der Waals surface area contributed by atoms with Gasteiger partial charge in [0.15, 0.2) is 0 Å². The summed E-state index contributed by atoms with van der Waals surface area (Å²) in [5.74, 6) is -1.10. The van der Waals surface area contributed by atoms with E-state index in [4.69, 9.17) is 14.2 Å². The second-order valence-electron chi connectivity index (χ2n) is 11.8. The Bertz CT molecular complexity index is 1100. The van der Waals surface area contributed by atoms with Gasteiger partial charge in [0.2, 0.25) is 5.91 Å². The quantitative estimate of drug-likeness (QED) is 0.455. The highest BCUT2D eigenvalue weighted by molar-refractivity contribution is 5.91. The molecule has 0 aromatic heterocycles. The second-order valence-corrected chi connectivity index (χ2v) is 11.8. The molecule has 3 atom stereocenters. The second kappa shape index (κ2) is 11.0. The summed E-state index contributed by atoms with van der Waals surface area (Å²) in [6.45, 7) is 15.2. The van der Waals surface area contributed by atoms with Crippen LogP contribution < -0.4 is 5.32 Å². The van der Waals surface area contributed by atoms with Crippen molar-refractivity contribution in [2.24, 2.45) is 5.41 Å². The van der Waals surface area contributed by atoms with Crippen LogP contribution in [0.2, 0.25) is 0 Å². The highest BCUT2D eigenvalue weighted by Gasteiger charge is 2.47. The Kier molecular flexibility index (Phi) is 8.43. The first-order chi connectivity index (χ1) is 17.6. The number of carbonyl (C=O) groups is 4. The van der Waals surface area contributed by atoms with Crippen LogP contribution in [0.4, 0.5) is 9.59 Å². The summed E-state index contributed by atoms with van der Waals surface area (Å²) in [5, 5.41) is 2.66. The third-order valence-electron chi connectivity index (χ3n) is 6.56. The average molecular weight is 530 g/mol. The van der Waals surface area contributed by atoms with Crippen molar-refractivity contribution in [3.05, 3.63) is 41.5 Å². The third kappa shape index (κ3) is 6.65. The number of likely N-dealkylation sites (tertiary alicyclic amines) is 1. The van der Waals surface area contributed by atoms with Gasteiger partial charge in [-0.05, 0) is 42.9 Å². The van der Waals surface area contributed by atoms with E-state index in [0.717, 1.165) is 16.7 Å². The van der Waals surface area contributed by atoms with Crippen LogP contribution >= 0.6 is 0 Å². The first-order valence-electron chi connectivity index (χ1n) is 12.7. The zero-order valence-corrected chi connectivity index (χ0v) is 23.3. The van der Waals surface area contributed by atoms with Crippen molar-refractivity contribution in [1.82, 2.24) is 15.1 Å². The lowest BCUT2D eigenvalue weighted by Crippen LogP contribution is -2.57. The van der Waals surface area contributed by atoms with Crippen LogP contribution in [0, 0.1) is 5.41 Å². The zero-order chi connectivity index (χ0) is 28.4. The summed E-state index contributed by atoms with van der Waals surface area (Å²) in [4.78, 5) is 54.8. The summed E-state index contributed by atoms with van der Waals surface area (Å²) in [6.07, 6.45) is -0.147. The molecule has 0 unspecified atom stereocenters. The maximum absolute atomic E-state index is 13.7. The molecule has 3 rings (SSSR count). The number of alkyl carbamates (subject to hydrolysis) is 1. The summed E-state index contributed by atoms with van der Waals surface area (Å²) in [7, 11) is 1.24. The Balaban J connectivity index is 1.74. The minimum atomic E-state index is -0.996. The molecule has 1 N–H and O–H groups in total. The fraction of sp³-hybridized carbons (Fsp3) is 0.571. The Labute approximate surface area is 224 Å². The number of ether oxygens (including phenoxy) is 3. The first-order valence-corrected chi connectivity index (χ1v) is 12.7. The molecule has 10 heteroatoms. The molecule has 0 bridgehead atoms. The lowest BCUT2D eigenvalue weighted by Gasteiger charge is -2.35. The van der Waals surface area contributed by atoms with Crippen LogP contribution in [0.1, 0.15) is 64.7 Å². The monoisotopic (exact) mass is 529 g/mol. The first kappa shape index (κ1) is 29.0. The molecule has 1 aromatic carbocycles. The largest absolute Gasteiger partial charge is 0.467 e. The molecule has 1 saturated heterocycles. The summed E-state index contributed by atoms with van der Waals surface area (Å²) in [6, 6.07) is 3.87. The van der Waals surface area contributed by atoms with Gasteiger partial charge in [-0.15, -0.1) is 0 Å². The Morgan fingerprint density at radius 2 is 1.79 bits per heavy atom. The van der Waals surface area contributed by atoms with Gasteiger partial charge in [0.05, 0.1) is 20.2 Å². The molecule has 2 aliphatic heterocycles. The van der Waals surface area contributed by atoms with E-state index >= 15 is 0 Å². The number of esters is 1. The molecule has 0 aliphatic carbocycles. The van der Waals surface area contributed by atoms with Crippen molar-refractivity contribution in [2.45, 2.75) is 84.8 Å². The summed E-state index contributed by atoms with van der Waals surface area (Å²) < 4.78 is 16.1. The smallest absolute Gasteiger partial charge is 0.410 e. The summed E-state index contributed by atoms with van der Waals surface area (Å²) in [5.41, 5.74) is 1.56. The van der Waals surface area contributed by atoms with E-state index in [2.05, 4.69) is 11.9 Å². The van der Waals surface area contributed by atoms with Gasteiger partial charge >= 0.3 is 18.2 Å². The zero-order valence-electron chi connectivity index (χ0n) is 23.3. The number of carbonyl (C=O) groups excluding carboxylic acids is 4.